The molecule has 0 aliphatic heterocycles. The van der Waals surface area contributed by atoms with Crippen molar-refractivity contribution in [3.05, 3.63) is 16.1 Å². The van der Waals surface area contributed by atoms with Crippen LogP contribution in [-0.4, -0.2) is 17.0 Å². The Hall–Kier alpha value is -1.10. The van der Waals surface area contributed by atoms with E-state index >= 15 is 0 Å². The first-order valence-corrected chi connectivity index (χ1v) is 5.37. The predicted molar refractivity (Wildman–Crippen MR) is 60.4 cm³/mol. The molecule has 5 heteroatoms. The molecule has 0 atom stereocenters. The van der Waals surface area contributed by atoms with E-state index in [0.717, 1.165) is 5.01 Å². The lowest BCUT2D eigenvalue weighted by molar-refractivity contribution is 0.723. The molecule has 0 unspecified atom stereocenters. The zero-order valence-corrected chi connectivity index (χ0v) is 9.56. The summed E-state index contributed by atoms with van der Waals surface area (Å²) in [6.07, 6.45) is 1.85. The number of rotatable bonds is 3. The summed E-state index contributed by atoms with van der Waals surface area (Å²) in [5, 5.41) is 4.02. The largest absolute Gasteiger partial charge is 0.370 e. The second-order valence-electron chi connectivity index (χ2n) is 3.37. The van der Waals surface area contributed by atoms with E-state index in [-0.39, 0.29) is 0 Å². The van der Waals surface area contributed by atoms with Crippen molar-refractivity contribution in [2.24, 2.45) is 10.7 Å². The third-order valence-electron chi connectivity index (χ3n) is 1.49. The van der Waals surface area contributed by atoms with Gasteiger partial charge in [0.1, 0.15) is 5.01 Å². The van der Waals surface area contributed by atoms with Crippen LogP contribution >= 0.6 is 11.3 Å². The summed E-state index contributed by atoms with van der Waals surface area (Å²) in [6, 6.07) is 0.316. The van der Waals surface area contributed by atoms with Gasteiger partial charge >= 0.3 is 0 Å². The highest BCUT2D eigenvalue weighted by Gasteiger charge is 1.98. The van der Waals surface area contributed by atoms with Gasteiger partial charge in [-0.2, -0.15) is 0 Å². The van der Waals surface area contributed by atoms with Gasteiger partial charge in [-0.1, -0.05) is 0 Å². The van der Waals surface area contributed by atoms with Crippen molar-refractivity contribution >= 4 is 17.3 Å². The maximum atomic E-state index is 5.65. The summed E-state index contributed by atoms with van der Waals surface area (Å²) in [4.78, 5) is 9.57. The Bertz CT molecular complexity index is 316. The minimum atomic E-state index is 0.316. The van der Waals surface area contributed by atoms with Crippen molar-refractivity contribution in [2.45, 2.75) is 33.4 Å². The van der Waals surface area contributed by atoms with Crippen molar-refractivity contribution < 1.29 is 0 Å². The Morgan fingerprint density at radius 1 is 1.71 bits per heavy atom. The molecule has 0 aliphatic rings. The number of nitrogens with one attached hydrogen (secondary N) is 1. The molecule has 0 saturated carbocycles. The van der Waals surface area contributed by atoms with Crippen LogP contribution in [0.15, 0.2) is 11.2 Å². The average molecular weight is 212 g/mol. The van der Waals surface area contributed by atoms with Crippen molar-refractivity contribution in [1.29, 1.82) is 0 Å². The lowest BCUT2D eigenvalue weighted by Crippen LogP contribution is -2.36. The number of nitrogens with zero attached hydrogens (tertiary/aromatic N) is 2. The Morgan fingerprint density at radius 2 is 2.43 bits per heavy atom. The molecule has 1 heterocycles. The third-order valence-corrected chi connectivity index (χ3v) is 2.39. The summed E-state index contributed by atoms with van der Waals surface area (Å²) in [6.45, 7) is 6.64. The molecule has 0 bridgehead atoms. The number of aromatic nitrogens is 1. The Labute approximate surface area is 88.3 Å². The molecule has 1 rings (SSSR count). The van der Waals surface area contributed by atoms with E-state index in [9.17, 15) is 0 Å². The van der Waals surface area contributed by atoms with Gasteiger partial charge < -0.3 is 11.1 Å². The van der Waals surface area contributed by atoms with Crippen molar-refractivity contribution in [3.8, 4) is 0 Å². The van der Waals surface area contributed by atoms with Crippen molar-refractivity contribution in [3.63, 3.8) is 0 Å². The monoisotopic (exact) mass is 212 g/mol. The molecule has 0 radical (unpaired) electrons. The van der Waals surface area contributed by atoms with E-state index in [1.807, 2.05) is 27.0 Å². The molecule has 0 amide bonds. The van der Waals surface area contributed by atoms with E-state index in [0.29, 0.717) is 18.5 Å². The lowest BCUT2D eigenvalue weighted by atomic mass is 10.4. The van der Waals surface area contributed by atoms with Gasteiger partial charge in [-0.3, -0.25) is 0 Å². The molecular formula is C9H16N4S. The van der Waals surface area contributed by atoms with Crippen LogP contribution in [0, 0.1) is 6.92 Å². The Balaban J connectivity index is 2.46. The number of guanidine groups is 1. The van der Waals surface area contributed by atoms with Crippen LogP contribution < -0.4 is 11.1 Å². The van der Waals surface area contributed by atoms with Gasteiger partial charge in [-0.05, 0) is 20.8 Å². The zero-order valence-electron chi connectivity index (χ0n) is 8.74. The minimum Gasteiger partial charge on any atom is -0.370 e. The van der Waals surface area contributed by atoms with Crippen LogP contribution in [0.4, 0.5) is 0 Å². The van der Waals surface area contributed by atoms with E-state index in [1.165, 1.54) is 4.88 Å². The fraction of sp³-hybridized carbons (Fsp3) is 0.556. The fourth-order valence-electron chi connectivity index (χ4n) is 0.969. The standard InChI is InChI=1S/C9H16N4S/c1-6(2)13-9(10)12-5-8-11-4-7(3)14-8/h4,6H,5H2,1-3H3,(H3,10,12,13). The highest BCUT2D eigenvalue weighted by molar-refractivity contribution is 7.11. The predicted octanol–water partition coefficient (Wildman–Crippen LogP) is 1.26. The van der Waals surface area contributed by atoms with Gasteiger partial charge in [0.25, 0.3) is 0 Å². The number of hydrogen-bond acceptors (Lipinski definition) is 3. The highest BCUT2D eigenvalue weighted by atomic mass is 32.1. The summed E-state index contributed by atoms with van der Waals surface area (Å²) >= 11 is 1.65. The summed E-state index contributed by atoms with van der Waals surface area (Å²) < 4.78 is 0. The van der Waals surface area contributed by atoms with E-state index in [4.69, 9.17) is 5.73 Å². The van der Waals surface area contributed by atoms with Crippen molar-refractivity contribution in [1.82, 2.24) is 10.3 Å². The quantitative estimate of drug-likeness (QED) is 0.586. The van der Waals surface area contributed by atoms with Gasteiger partial charge in [-0.15, -0.1) is 11.3 Å². The maximum Gasteiger partial charge on any atom is 0.189 e. The van der Waals surface area contributed by atoms with E-state index in [2.05, 4.69) is 15.3 Å². The maximum absolute atomic E-state index is 5.65. The number of thiazole rings is 1. The van der Waals surface area contributed by atoms with Crippen molar-refractivity contribution in [2.75, 3.05) is 0 Å². The third kappa shape index (κ3) is 3.74. The average Bonchev–Trinajstić information content (AvgIpc) is 2.47. The number of aliphatic imine (C=N–C) groups is 1. The minimum absolute atomic E-state index is 0.316. The van der Waals surface area contributed by atoms with Gasteiger partial charge in [0, 0.05) is 17.1 Å². The normalized spacial score (nSPS) is 12.1. The first kappa shape index (κ1) is 11.0. The summed E-state index contributed by atoms with van der Waals surface area (Å²) in [7, 11) is 0. The van der Waals surface area contributed by atoms with Gasteiger partial charge in [0.15, 0.2) is 5.96 Å². The SMILES string of the molecule is Cc1cnc(CN=C(N)NC(C)C)s1. The lowest BCUT2D eigenvalue weighted by Gasteiger charge is -2.07. The smallest absolute Gasteiger partial charge is 0.189 e. The van der Waals surface area contributed by atoms with Gasteiger partial charge in [0.05, 0.1) is 6.54 Å². The molecule has 0 aliphatic carbocycles. The number of nitrogens with two attached hydrogens (primary N) is 1. The molecular weight excluding hydrogens is 196 g/mol. The molecule has 0 saturated heterocycles. The van der Waals surface area contributed by atoms with Gasteiger partial charge in [0.2, 0.25) is 0 Å². The molecule has 0 spiro atoms. The van der Waals surface area contributed by atoms with Crippen LogP contribution in [0.5, 0.6) is 0 Å². The summed E-state index contributed by atoms with van der Waals surface area (Å²) in [5.41, 5.74) is 5.65. The Morgan fingerprint density at radius 3 is 2.93 bits per heavy atom. The van der Waals surface area contributed by atoms with Crippen LogP contribution in [0.2, 0.25) is 0 Å². The number of hydrogen-bond donors (Lipinski definition) is 2. The zero-order chi connectivity index (χ0) is 10.6. The summed E-state index contributed by atoms with van der Waals surface area (Å²) in [5.74, 6) is 0.479. The molecule has 14 heavy (non-hydrogen) atoms. The Kier molecular flexibility index (Phi) is 3.88. The fourth-order valence-corrected chi connectivity index (χ4v) is 1.68. The molecule has 3 N–H and O–H groups in total. The second kappa shape index (κ2) is 4.95. The topological polar surface area (TPSA) is 63.3 Å². The van der Waals surface area contributed by atoms with Gasteiger partial charge in [-0.25, -0.2) is 9.98 Å². The second-order valence-corrected chi connectivity index (χ2v) is 4.68. The highest BCUT2D eigenvalue weighted by Crippen LogP contribution is 2.11. The van der Waals surface area contributed by atoms with Crippen LogP contribution in [-0.2, 0) is 6.54 Å². The number of aryl methyl sites for hydroxylation is 1. The first-order valence-electron chi connectivity index (χ1n) is 4.55. The molecule has 1 aromatic rings. The molecule has 78 valence electrons. The molecule has 4 nitrogen and oxygen atoms in total. The molecule has 0 fully saturated rings. The molecule has 0 aromatic carbocycles. The molecule has 1 aromatic heterocycles. The van der Waals surface area contributed by atoms with E-state index in [1.54, 1.807) is 11.3 Å². The first-order chi connectivity index (χ1) is 6.58. The van der Waals surface area contributed by atoms with E-state index < -0.39 is 0 Å². The van der Waals surface area contributed by atoms with Crippen LogP contribution in [0.25, 0.3) is 0 Å². The van der Waals surface area contributed by atoms with Crippen LogP contribution in [0.1, 0.15) is 23.7 Å². The van der Waals surface area contributed by atoms with Crippen LogP contribution in [0.3, 0.4) is 0 Å².